The molecule has 0 aliphatic rings. The molecule has 0 bridgehead atoms. The first-order chi connectivity index (χ1) is 10.6. The standard InChI is InChI=1S/C15H17ClN4O2/c1-3-8-17-15(21)11-5-7-14(20-19-11)18-12-9-10(16)4-6-13(12)22-2/h4-7,9H,3,8H2,1-2H3,(H,17,21)(H,18,20). The van der Waals surface area contributed by atoms with E-state index in [1.165, 1.54) is 0 Å². The lowest BCUT2D eigenvalue weighted by molar-refractivity contribution is 0.0947. The van der Waals surface area contributed by atoms with Crippen LogP contribution in [0.2, 0.25) is 5.02 Å². The summed E-state index contributed by atoms with van der Waals surface area (Å²) in [5.41, 5.74) is 0.949. The van der Waals surface area contributed by atoms with Gasteiger partial charge in [0.25, 0.3) is 5.91 Å². The summed E-state index contributed by atoms with van der Waals surface area (Å²) in [5.74, 6) is 0.893. The summed E-state index contributed by atoms with van der Waals surface area (Å²) in [6.45, 7) is 2.59. The predicted octanol–water partition coefficient (Wildman–Crippen LogP) is 3.02. The van der Waals surface area contributed by atoms with E-state index in [9.17, 15) is 4.79 Å². The van der Waals surface area contributed by atoms with Gasteiger partial charge in [-0.05, 0) is 36.8 Å². The number of aromatic nitrogens is 2. The van der Waals surface area contributed by atoms with E-state index in [1.807, 2.05) is 6.92 Å². The summed E-state index contributed by atoms with van der Waals surface area (Å²) >= 11 is 5.97. The van der Waals surface area contributed by atoms with Crippen LogP contribution in [0.5, 0.6) is 5.75 Å². The average molecular weight is 321 g/mol. The lowest BCUT2D eigenvalue weighted by Gasteiger charge is -2.10. The summed E-state index contributed by atoms with van der Waals surface area (Å²) in [5, 5.41) is 14.3. The lowest BCUT2D eigenvalue weighted by atomic mass is 10.3. The zero-order chi connectivity index (χ0) is 15.9. The Morgan fingerprint density at radius 2 is 2.09 bits per heavy atom. The molecule has 116 valence electrons. The van der Waals surface area contributed by atoms with E-state index in [-0.39, 0.29) is 11.6 Å². The predicted molar refractivity (Wildman–Crippen MR) is 85.9 cm³/mol. The van der Waals surface area contributed by atoms with E-state index < -0.39 is 0 Å². The molecule has 1 aromatic heterocycles. The van der Waals surface area contributed by atoms with Crippen molar-refractivity contribution in [3.05, 3.63) is 41.0 Å². The number of methoxy groups -OCH3 is 1. The third-order valence-electron chi connectivity index (χ3n) is 2.86. The van der Waals surface area contributed by atoms with Crippen molar-refractivity contribution >= 4 is 29.0 Å². The van der Waals surface area contributed by atoms with E-state index in [1.54, 1.807) is 37.4 Å². The number of ether oxygens (including phenoxy) is 1. The van der Waals surface area contributed by atoms with E-state index in [0.717, 1.165) is 6.42 Å². The van der Waals surface area contributed by atoms with Gasteiger partial charge in [0.05, 0.1) is 12.8 Å². The number of nitrogens with one attached hydrogen (secondary N) is 2. The third-order valence-corrected chi connectivity index (χ3v) is 3.09. The normalized spacial score (nSPS) is 10.1. The van der Waals surface area contributed by atoms with Crippen LogP contribution >= 0.6 is 11.6 Å². The molecule has 0 saturated carbocycles. The lowest BCUT2D eigenvalue weighted by Crippen LogP contribution is -2.25. The number of hydrogen-bond donors (Lipinski definition) is 2. The van der Waals surface area contributed by atoms with Crippen LogP contribution in [0.25, 0.3) is 0 Å². The van der Waals surface area contributed by atoms with Crippen molar-refractivity contribution in [3.63, 3.8) is 0 Å². The van der Waals surface area contributed by atoms with Crippen LogP contribution in [0.1, 0.15) is 23.8 Å². The summed E-state index contributed by atoms with van der Waals surface area (Å²) in [7, 11) is 1.57. The monoisotopic (exact) mass is 320 g/mol. The van der Waals surface area contributed by atoms with Crippen LogP contribution in [0.15, 0.2) is 30.3 Å². The number of hydrogen-bond acceptors (Lipinski definition) is 5. The second-order valence-corrected chi connectivity index (χ2v) is 4.97. The number of anilines is 2. The van der Waals surface area contributed by atoms with Crippen molar-refractivity contribution in [3.8, 4) is 5.75 Å². The van der Waals surface area contributed by atoms with Gasteiger partial charge < -0.3 is 15.4 Å². The van der Waals surface area contributed by atoms with Gasteiger partial charge in [0.2, 0.25) is 0 Å². The van der Waals surface area contributed by atoms with Crippen LogP contribution < -0.4 is 15.4 Å². The van der Waals surface area contributed by atoms with Gasteiger partial charge in [0.1, 0.15) is 5.75 Å². The number of carbonyl (C=O) groups is 1. The maximum atomic E-state index is 11.7. The highest BCUT2D eigenvalue weighted by molar-refractivity contribution is 6.31. The molecule has 0 atom stereocenters. The molecule has 22 heavy (non-hydrogen) atoms. The van der Waals surface area contributed by atoms with Crippen molar-refractivity contribution in [2.45, 2.75) is 13.3 Å². The van der Waals surface area contributed by atoms with Crippen LogP contribution in [0, 0.1) is 0 Å². The molecule has 0 aliphatic heterocycles. The minimum atomic E-state index is -0.235. The third kappa shape index (κ3) is 4.08. The molecule has 0 radical (unpaired) electrons. The fourth-order valence-corrected chi connectivity index (χ4v) is 1.94. The van der Waals surface area contributed by atoms with Gasteiger partial charge in [0, 0.05) is 11.6 Å². The molecule has 1 amide bonds. The molecule has 2 N–H and O–H groups in total. The molecule has 2 rings (SSSR count). The Balaban J connectivity index is 2.11. The van der Waals surface area contributed by atoms with E-state index in [2.05, 4.69) is 20.8 Å². The fraction of sp³-hybridized carbons (Fsp3) is 0.267. The molecule has 0 spiro atoms. The summed E-state index contributed by atoms with van der Waals surface area (Å²) < 4.78 is 5.25. The molecule has 2 aromatic rings. The highest BCUT2D eigenvalue weighted by atomic mass is 35.5. The van der Waals surface area contributed by atoms with Gasteiger partial charge in [-0.25, -0.2) is 0 Å². The fourth-order valence-electron chi connectivity index (χ4n) is 1.76. The molecule has 0 fully saturated rings. The smallest absolute Gasteiger partial charge is 0.271 e. The number of benzene rings is 1. The Labute approximate surface area is 133 Å². The molecule has 7 heteroatoms. The van der Waals surface area contributed by atoms with E-state index in [4.69, 9.17) is 16.3 Å². The van der Waals surface area contributed by atoms with Gasteiger partial charge in [-0.3, -0.25) is 4.79 Å². The molecule has 6 nitrogen and oxygen atoms in total. The van der Waals surface area contributed by atoms with Crippen molar-refractivity contribution < 1.29 is 9.53 Å². The number of amides is 1. The van der Waals surface area contributed by atoms with Gasteiger partial charge >= 0.3 is 0 Å². The van der Waals surface area contributed by atoms with Crippen LogP contribution in [0.3, 0.4) is 0 Å². The zero-order valence-electron chi connectivity index (χ0n) is 12.4. The number of rotatable bonds is 6. The topological polar surface area (TPSA) is 76.1 Å². The molecular weight excluding hydrogens is 304 g/mol. The second kappa shape index (κ2) is 7.61. The Morgan fingerprint density at radius 1 is 1.27 bits per heavy atom. The molecule has 0 unspecified atom stereocenters. The zero-order valence-corrected chi connectivity index (χ0v) is 13.1. The first-order valence-corrected chi connectivity index (χ1v) is 7.24. The van der Waals surface area contributed by atoms with Crippen molar-refractivity contribution in [1.29, 1.82) is 0 Å². The molecular formula is C15H17ClN4O2. The molecule has 0 saturated heterocycles. The Bertz CT molecular complexity index is 646. The Hall–Kier alpha value is -2.34. The first-order valence-electron chi connectivity index (χ1n) is 6.86. The largest absolute Gasteiger partial charge is 0.495 e. The van der Waals surface area contributed by atoms with Gasteiger partial charge in [0.15, 0.2) is 11.5 Å². The van der Waals surface area contributed by atoms with Crippen molar-refractivity contribution in [1.82, 2.24) is 15.5 Å². The number of nitrogens with zero attached hydrogens (tertiary/aromatic N) is 2. The maximum absolute atomic E-state index is 11.7. The number of carbonyl (C=O) groups excluding carboxylic acids is 1. The summed E-state index contributed by atoms with van der Waals surface area (Å²) in [4.78, 5) is 11.7. The second-order valence-electron chi connectivity index (χ2n) is 4.53. The summed E-state index contributed by atoms with van der Waals surface area (Å²) in [6, 6.07) is 8.50. The molecule has 0 aliphatic carbocycles. The van der Waals surface area contributed by atoms with Crippen molar-refractivity contribution in [2.75, 3.05) is 19.0 Å². The minimum absolute atomic E-state index is 0.235. The van der Waals surface area contributed by atoms with Crippen LogP contribution in [-0.4, -0.2) is 29.8 Å². The Morgan fingerprint density at radius 3 is 2.73 bits per heavy atom. The quantitative estimate of drug-likeness (QED) is 0.855. The van der Waals surface area contributed by atoms with Crippen LogP contribution in [0.4, 0.5) is 11.5 Å². The van der Waals surface area contributed by atoms with E-state index >= 15 is 0 Å². The maximum Gasteiger partial charge on any atom is 0.271 e. The highest BCUT2D eigenvalue weighted by Gasteiger charge is 2.09. The average Bonchev–Trinajstić information content (AvgIpc) is 2.53. The minimum Gasteiger partial charge on any atom is -0.495 e. The first kappa shape index (κ1) is 16.0. The Kier molecular flexibility index (Phi) is 5.55. The SMILES string of the molecule is CCCNC(=O)c1ccc(Nc2cc(Cl)ccc2OC)nn1. The molecule has 1 heterocycles. The highest BCUT2D eigenvalue weighted by Crippen LogP contribution is 2.29. The van der Waals surface area contributed by atoms with Gasteiger partial charge in [-0.2, -0.15) is 0 Å². The van der Waals surface area contributed by atoms with E-state index in [0.29, 0.717) is 28.8 Å². The van der Waals surface area contributed by atoms with Gasteiger partial charge in [-0.1, -0.05) is 18.5 Å². The van der Waals surface area contributed by atoms with Gasteiger partial charge in [-0.15, -0.1) is 10.2 Å². The molecule has 1 aromatic carbocycles. The van der Waals surface area contributed by atoms with Crippen molar-refractivity contribution in [2.24, 2.45) is 0 Å². The number of halogens is 1. The van der Waals surface area contributed by atoms with Crippen LogP contribution in [-0.2, 0) is 0 Å². The summed E-state index contributed by atoms with van der Waals surface area (Å²) in [6.07, 6.45) is 0.868.